The SMILES string of the molecule is COc1ccc(C(=O)NNC(=O)COc2ccccc2F)c(OC)c1OC. The van der Waals surface area contributed by atoms with Crippen molar-refractivity contribution in [2.75, 3.05) is 27.9 Å². The van der Waals surface area contributed by atoms with Crippen molar-refractivity contribution in [2.45, 2.75) is 0 Å². The number of nitrogens with one attached hydrogen (secondary N) is 2. The molecular weight excluding hydrogens is 359 g/mol. The summed E-state index contributed by atoms with van der Waals surface area (Å²) in [5.74, 6) is -1.22. The van der Waals surface area contributed by atoms with Crippen molar-refractivity contribution in [1.29, 1.82) is 0 Å². The van der Waals surface area contributed by atoms with Gasteiger partial charge < -0.3 is 18.9 Å². The summed E-state index contributed by atoms with van der Waals surface area (Å²) in [5.41, 5.74) is 4.52. The van der Waals surface area contributed by atoms with Crippen LogP contribution < -0.4 is 29.8 Å². The lowest BCUT2D eigenvalue weighted by Crippen LogP contribution is -2.44. The molecular formula is C18H19FN2O6. The zero-order chi connectivity index (χ0) is 19.8. The molecule has 0 heterocycles. The van der Waals surface area contributed by atoms with Crippen molar-refractivity contribution in [2.24, 2.45) is 0 Å². The Balaban J connectivity index is 1.99. The van der Waals surface area contributed by atoms with Crippen molar-refractivity contribution in [3.8, 4) is 23.0 Å². The number of hydrogen-bond donors (Lipinski definition) is 2. The van der Waals surface area contributed by atoms with Crippen LogP contribution in [0.1, 0.15) is 10.4 Å². The van der Waals surface area contributed by atoms with Crippen molar-refractivity contribution in [3.63, 3.8) is 0 Å². The average molecular weight is 378 g/mol. The second kappa shape index (κ2) is 9.27. The van der Waals surface area contributed by atoms with Crippen LogP contribution in [0, 0.1) is 5.82 Å². The molecule has 0 aliphatic heterocycles. The fourth-order valence-corrected chi connectivity index (χ4v) is 2.22. The summed E-state index contributed by atoms with van der Waals surface area (Å²) in [6.07, 6.45) is 0. The molecule has 2 aromatic rings. The monoisotopic (exact) mass is 378 g/mol. The minimum absolute atomic E-state index is 0.0689. The summed E-state index contributed by atoms with van der Waals surface area (Å²) in [7, 11) is 4.23. The molecule has 8 nitrogen and oxygen atoms in total. The van der Waals surface area contributed by atoms with E-state index in [1.807, 2.05) is 0 Å². The Morgan fingerprint density at radius 3 is 2.22 bits per heavy atom. The van der Waals surface area contributed by atoms with E-state index in [9.17, 15) is 14.0 Å². The van der Waals surface area contributed by atoms with E-state index in [0.717, 1.165) is 0 Å². The van der Waals surface area contributed by atoms with Crippen LogP contribution in [0.4, 0.5) is 4.39 Å². The number of hydrogen-bond acceptors (Lipinski definition) is 6. The first-order valence-electron chi connectivity index (χ1n) is 7.77. The lowest BCUT2D eigenvalue weighted by atomic mass is 10.1. The van der Waals surface area contributed by atoms with E-state index in [2.05, 4.69) is 10.9 Å². The molecule has 0 radical (unpaired) electrons. The van der Waals surface area contributed by atoms with E-state index in [-0.39, 0.29) is 22.8 Å². The van der Waals surface area contributed by atoms with Gasteiger partial charge in [0.1, 0.15) is 0 Å². The summed E-state index contributed by atoms with van der Waals surface area (Å²) < 4.78 is 34.0. The van der Waals surface area contributed by atoms with Gasteiger partial charge in [-0.15, -0.1) is 0 Å². The minimum Gasteiger partial charge on any atom is -0.493 e. The number of para-hydroxylation sites is 1. The second-order valence-electron chi connectivity index (χ2n) is 5.10. The molecule has 144 valence electrons. The summed E-state index contributed by atoms with van der Waals surface area (Å²) in [4.78, 5) is 24.1. The number of carbonyl (C=O) groups excluding carboxylic acids is 2. The Kier molecular flexibility index (Phi) is 6.81. The zero-order valence-electron chi connectivity index (χ0n) is 15.0. The quantitative estimate of drug-likeness (QED) is 0.712. The fraction of sp³-hybridized carbons (Fsp3) is 0.222. The third-order valence-electron chi connectivity index (χ3n) is 3.46. The van der Waals surface area contributed by atoms with Crippen LogP contribution in [-0.4, -0.2) is 39.8 Å². The Morgan fingerprint density at radius 2 is 1.59 bits per heavy atom. The number of halogens is 1. The van der Waals surface area contributed by atoms with Crippen LogP contribution >= 0.6 is 0 Å². The molecule has 0 aliphatic rings. The highest BCUT2D eigenvalue weighted by Crippen LogP contribution is 2.39. The van der Waals surface area contributed by atoms with Crippen LogP contribution in [0.5, 0.6) is 23.0 Å². The fourth-order valence-electron chi connectivity index (χ4n) is 2.22. The van der Waals surface area contributed by atoms with E-state index in [4.69, 9.17) is 18.9 Å². The van der Waals surface area contributed by atoms with E-state index < -0.39 is 24.2 Å². The number of rotatable bonds is 7. The Morgan fingerprint density at radius 1 is 0.889 bits per heavy atom. The largest absolute Gasteiger partial charge is 0.493 e. The molecule has 0 bridgehead atoms. The highest BCUT2D eigenvalue weighted by molar-refractivity contribution is 5.99. The molecule has 0 aromatic heterocycles. The normalized spacial score (nSPS) is 9.93. The van der Waals surface area contributed by atoms with Gasteiger partial charge >= 0.3 is 0 Å². The second-order valence-corrected chi connectivity index (χ2v) is 5.10. The maximum atomic E-state index is 13.4. The maximum Gasteiger partial charge on any atom is 0.276 e. The topological polar surface area (TPSA) is 95.1 Å². The molecule has 9 heteroatoms. The van der Waals surface area contributed by atoms with Gasteiger partial charge in [0.15, 0.2) is 29.7 Å². The molecule has 2 N–H and O–H groups in total. The Labute approximate surface area is 155 Å². The third-order valence-corrected chi connectivity index (χ3v) is 3.46. The summed E-state index contributed by atoms with van der Waals surface area (Å²) in [5, 5.41) is 0. The highest BCUT2D eigenvalue weighted by Gasteiger charge is 2.21. The van der Waals surface area contributed by atoms with Crippen molar-refractivity contribution >= 4 is 11.8 Å². The molecule has 0 spiro atoms. The summed E-state index contributed by atoms with van der Waals surface area (Å²) in [6, 6.07) is 8.64. The van der Waals surface area contributed by atoms with Gasteiger partial charge in [-0.25, -0.2) is 4.39 Å². The number of ether oxygens (including phenoxy) is 4. The highest BCUT2D eigenvalue weighted by atomic mass is 19.1. The van der Waals surface area contributed by atoms with E-state index in [0.29, 0.717) is 5.75 Å². The van der Waals surface area contributed by atoms with Crippen LogP contribution in [0.25, 0.3) is 0 Å². The maximum absolute atomic E-state index is 13.4. The van der Waals surface area contributed by atoms with Gasteiger partial charge in [0.05, 0.1) is 26.9 Å². The molecule has 2 rings (SSSR count). The number of carbonyl (C=O) groups is 2. The molecule has 0 fully saturated rings. The minimum atomic E-state index is -0.675. The van der Waals surface area contributed by atoms with Gasteiger partial charge in [0.25, 0.3) is 11.8 Å². The van der Waals surface area contributed by atoms with Crippen LogP contribution in [0.2, 0.25) is 0 Å². The molecule has 2 aromatic carbocycles. The van der Waals surface area contributed by atoms with Crippen LogP contribution in [-0.2, 0) is 4.79 Å². The van der Waals surface area contributed by atoms with Gasteiger partial charge in [-0.2, -0.15) is 0 Å². The molecule has 0 unspecified atom stereocenters. The predicted molar refractivity (Wildman–Crippen MR) is 93.6 cm³/mol. The van der Waals surface area contributed by atoms with Crippen molar-refractivity contribution < 1.29 is 32.9 Å². The van der Waals surface area contributed by atoms with Gasteiger partial charge in [-0.05, 0) is 24.3 Å². The lowest BCUT2D eigenvalue weighted by Gasteiger charge is -2.15. The molecule has 0 saturated heterocycles. The van der Waals surface area contributed by atoms with Crippen molar-refractivity contribution in [1.82, 2.24) is 10.9 Å². The first-order chi connectivity index (χ1) is 13.0. The number of methoxy groups -OCH3 is 3. The first-order valence-corrected chi connectivity index (χ1v) is 7.77. The molecule has 0 saturated carbocycles. The number of benzene rings is 2. The smallest absolute Gasteiger partial charge is 0.276 e. The van der Waals surface area contributed by atoms with Crippen LogP contribution in [0.15, 0.2) is 36.4 Å². The number of amides is 2. The van der Waals surface area contributed by atoms with Gasteiger partial charge in [0.2, 0.25) is 5.75 Å². The Bertz CT molecular complexity index is 827. The lowest BCUT2D eigenvalue weighted by molar-refractivity contribution is -0.123. The molecule has 0 atom stereocenters. The summed E-state index contributed by atoms with van der Waals surface area (Å²) >= 11 is 0. The van der Waals surface area contributed by atoms with Gasteiger partial charge in [0, 0.05) is 0 Å². The molecule has 27 heavy (non-hydrogen) atoms. The van der Waals surface area contributed by atoms with Crippen LogP contribution in [0.3, 0.4) is 0 Å². The Hall–Kier alpha value is -3.49. The predicted octanol–water partition coefficient (Wildman–Crippen LogP) is 1.69. The zero-order valence-corrected chi connectivity index (χ0v) is 15.0. The molecule has 2 amide bonds. The van der Waals surface area contributed by atoms with Gasteiger partial charge in [-0.3, -0.25) is 20.4 Å². The van der Waals surface area contributed by atoms with E-state index in [1.165, 1.54) is 51.7 Å². The van der Waals surface area contributed by atoms with Crippen molar-refractivity contribution in [3.05, 3.63) is 47.8 Å². The summed E-state index contributed by atoms with van der Waals surface area (Å²) in [6.45, 7) is -0.482. The molecule has 0 aliphatic carbocycles. The van der Waals surface area contributed by atoms with E-state index in [1.54, 1.807) is 6.07 Å². The van der Waals surface area contributed by atoms with Gasteiger partial charge in [-0.1, -0.05) is 12.1 Å². The third kappa shape index (κ3) is 4.78. The average Bonchev–Trinajstić information content (AvgIpc) is 2.69. The first kappa shape index (κ1) is 19.8. The standard InChI is InChI=1S/C18H19FN2O6/c1-24-14-9-8-11(16(25-2)17(14)26-3)18(23)21-20-15(22)10-27-13-7-5-4-6-12(13)19/h4-9H,10H2,1-3H3,(H,20,22)(H,21,23). The number of hydrazine groups is 1. The van der Waals surface area contributed by atoms with E-state index >= 15 is 0 Å².